The van der Waals surface area contributed by atoms with Crippen LogP contribution in [-0.4, -0.2) is 12.6 Å². The van der Waals surface area contributed by atoms with Gasteiger partial charge in [0.15, 0.2) is 0 Å². The summed E-state index contributed by atoms with van der Waals surface area (Å²) < 4.78 is 0. The van der Waals surface area contributed by atoms with Crippen LogP contribution in [0.1, 0.15) is 40.0 Å². The third-order valence-corrected chi connectivity index (χ3v) is 3.73. The Kier molecular flexibility index (Phi) is 1.95. The molecule has 0 amide bonds. The van der Waals surface area contributed by atoms with Gasteiger partial charge in [0.1, 0.15) is 0 Å². The van der Waals surface area contributed by atoms with Crippen LogP contribution in [0.2, 0.25) is 0 Å². The Balaban J connectivity index is 2.09. The van der Waals surface area contributed by atoms with Gasteiger partial charge in [-0.1, -0.05) is 20.8 Å². The zero-order valence-electron chi connectivity index (χ0n) is 8.56. The SMILES string of the molecule is CC(C)(C)C1CC2CCNC1C2. The van der Waals surface area contributed by atoms with Crippen molar-refractivity contribution in [3.8, 4) is 0 Å². The molecule has 1 saturated heterocycles. The maximum Gasteiger partial charge on any atom is 0.0103 e. The van der Waals surface area contributed by atoms with Crippen LogP contribution in [-0.2, 0) is 0 Å². The summed E-state index contributed by atoms with van der Waals surface area (Å²) in [6, 6.07) is 0.837. The Morgan fingerprint density at radius 1 is 1.17 bits per heavy atom. The number of fused-ring (bicyclic) bond motifs is 2. The summed E-state index contributed by atoms with van der Waals surface area (Å²) in [4.78, 5) is 0. The summed E-state index contributed by atoms with van der Waals surface area (Å²) in [5.74, 6) is 1.96. The van der Waals surface area contributed by atoms with Crippen molar-refractivity contribution < 1.29 is 0 Å². The first-order valence-electron chi connectivity index (χ1n) is 5.31. The lowest BCUT2D eigenvalue weighted by Crippen LogP contribution is -2.40. The zero-order valence-corrected chi connectivity index (χ0v) is 8.56. The van der Waals surface area contributed by atoms with Crippen molar-refractivity contribution in [3.05, 3.63) is 0 Å². The van der Waals surface area contributed by atoms with Gasteiger partial charge in [0, 0.05) is 6.04 Å². The molecule has 2 bridgehead atoms. The molecule has 3 atom stereocenters. The predicted molar refractivity (Wildman–Crippen MR) is 52.1 cm³/mol. The first-order chi connectivity index (χ1) is 5.57. The minimum absolute atomic E-state index is 0.511. The second kappa shape index (κ2) is 2.73. The third kappa shape index (κ3) is 1.39. The van der Waals surface area contributed by atoms with Gasteiger partial charge in [0.25, 0.3) is 0 Å². The normalized spacial score (nSPS) is 41.8. The third-order valence-electron chi connectivity index (χ3n) is 3.73. The Bertz CT molecular complexity index is 168. The van der Waals surface area contributed by atoms with Gasteiger partial charge in [-0.2, -0.15) is 0 Å². The van der Waals surface area contributed by atoms with E-state index in [0.717, 1.165) is 17.9 Å². The highest BCUT2D eigenvalue weighted by atomic mass is 15.0. The lowest BCUT2D eigenvalue weighted by atomic mass is 9.77. The molecule has 0 radical (unpaired) electrons. The molecular formula is C11H21N. The minimum atomic E-state index is 0.511. The Morgan fingerprint density at radius 3 is 2.50 bits per heavy atom. The number of rotatable bonds is 0. The summed E-state index contributed by atoms with van der Waals surface area (Å²) in [5.41, 5.74) is 0.511. The standard InChI is InChI=1S/C11H21N/c1-11(2,3)9-6-8-4-5-12-10(9)7-8/h8-10,12H,4-7H2,1-3H3. The molecule has 1 N–H and O–H groups in total. The molecule has 1 aliphatic carbocycles. The quantitative estimate of drug-likeness (QED) is 0.584. The Morgan fingerprint density at radius 2 is 1.92 bits per heavy atom. The fraction of sp³-hybridized carbons (Fsp3) is 1.00. The second-order valence-corrected chi connectivity index (χ2v) is 5.66. The van der Waals surface area contributed by atoms with Gasteiger partial charge in [-0.3, -0.25) is 0 Å². The van der Waals surface area contributed by atoms with Gasteiger partial charge in [0.05, 0.1) is 0 Å². The lowest BCUT2D eigenvalue weighted by Gasteiger charge is -2.32. The van der Waals surface area contributed by atoms with Crippen LogP contribution >= 0.6 is 0 Å². The Hall–Kier alpha value is -0.0400. The van der Waals surface area contributed by atoms with Crippen molar-refractivity contribution in [1.29, 1.82) is 0 Å². The summed E-state index contributed by atoms with van der Waals surface area (Å²) in [5, 5.41) is 3.67. The van der Waals surface area contributed by atoms with E-state index in [1.165, 1.54) is 25.8 Å². The van der Waals surface area contributed by atoms with E-state index in [-0.39, 0.29) is 0 Å². The van der Waals surface area contributed by atoms with Crippen LogP contribution in [0.25, 0.3) is 0 Å². The van der Waals surface area contributed by atoms with E-state index in [4.69, 9.17) is 0 Å². The maximum atomic E-state index is 3.67. The first-order valence-corrected chi connectivity index (χ1v) is 5.31. The van der Waals surface area contributed by atoms with Crippen LogP contribution in [0.15, 0.2) is 0 Å². The van der Waals surface area contributed by atoms with E-state index >= 15 is 0 Å². The van der Waals surface area contributed by atoms with Crippen molar-refractivity contribution in [2.75, 3.05) is 6.54 Å². The van der Waals surface area contributed by atoms with E-state index < -0.39 is 0 Å². The van der Waals surface area contributed by atoms with E-state index in [0.29, 0.717) is 5.41 Å². The highest BCUT2D eigenvalue weighted by Gasteiger charge is 2.42. The van der Waals surface area contributed by atoms with Crippen molar-refractivity contribution in [2.24, 2.45) is 17.3 Å². The van der Waals surface area contributed by atoms with Crippen LogP contribution in [0, 0.1) is 17.3 Å². The summed E-state index contributed by atoms with van der Waals surface area (Å²) in [7, 11) is 0. The monoisotopic (exact) mass is 167 g/mol. The molecule has 0 aromatic carbocycles. The molecule has 1 saturated carbocycles. The number of nitrogens with one attached hydrogen (secondary N) is 1. The van der Waals surface area contributed by atoms with E-state index in [1.807, 2.05) is 0 Å². The lowest BCUT2D eigenvalue weighted by molar-refractivity contribution is 0.207. The van der Waals surface area contributed by atoms with E-state index in [1.54, 1.807) is 0 Å². The van der Waals surface area contributed by atoms with Gasteiger partial charge in [-0.05, 0) is 43.1 Å². The van der Waals surface area contributed by atoms with Gasteiger partial charge >= 0.3 is 0 Å². The second-order valence-electron chi connectivity index (χ2n) is 5.66. The first kappa shape index (κ1) is 8.55. The average Bonchev–Trinajstić information content (AvgIpc) is 2.25. The summed E-state index contributed by atoms with van der Waals surface area (Å²) in [6.45, 7) is 8.43. The predicted octanol–water partition coefficient (Wildman–Crippen LogP) is 2.42. The molecule has 1 heterocycles. The van der Waals surface area contributed by atoms with Gasteiger partial charge in [-0.15, -0.1) is 0 Å². The van der Waals surface area contributed by atoms with Crippen LogP contribution in [0.3, 0.4) is 0 Å². The van der Waals surface area contributed by atoms with Gasteiger partial charge in [0.2, 0.25) is 0 Å². The number of piperidine rings is 1. The van der Waals surface area contributed by atoms with Crippen LogP contribution in [0.5, 0.6) is 0 Å². The molecule has 1 heteroatoms. The molecule has 0 spiro atoms. The van der Waals surface area contributed by atoms with E-state index in [2.05, 4.69) is 26.1 Å². The van der Waals surface area contributed by atoms with Gasteiger partial charge in [-0.25, -0.2) is 0 Å². The molecule has 3 unspecified atom stereocenters. The topological polar surface area (TPSA) is 12.0 Å². The molecular weight excluding hydrogens is 146 g/mol. The maximum absolute atomic E-state index is 3.67. The van der Waals surface area contributed by atoms with Crippen molar-refractivity contribution in [1.82, 2.24) is 5.32 Å². The van der Waals surface area contributed by atoms with Crippen LogP contribution < -0.4 is 5.32 Å². The molecule has 0 aromatic heterocycles. The summed E-state index contributed by atoms with van der Waals surface area (Å²) >= 11 is 0. The van der Waals surface area contributed by atoms with E-state index in [9.17, 15) is 0 Å². The minimum Gasteiger partial charge on any atom is -0.314 e. The molecule has 2 fully saturated rings. The highest BCUT2D eigenvalue weighted by molar-refractivity contribution is 4.96. The smallest absolute Gasteiger partial charge is 0.0103 e. The number of hydrogen-bond donors (Lipinski definition) is 1. The van der Waals surface area contributed by atoms with Crippen molar-refractivity contribution >= 4 is 0 Å². The molecule has 1 aliphatic heterocycles. The zero-order chi connectivity index (χ0) is 8.77. The molecule has 0 aromatic rings. The van der Waals surface area contributed by atoms with Crippen molar-refractivity contribution in [3.63, 3.8) is 0 Å². The largest absolute Gasteiger partial charge is 0.314 e. The fourth-order valence-electron chi connectivity index (χ4n) is 3.03. The van der Waals surface area contributed by atoms with Crippen LogP contribution in [0.4, 0.5) is 0 Å². The molecule has 70 valence electrons. The number of hydrogen-bond acceptors (Lipinski definition) is 1. The fourth-order valence-corrected chi connectivity index (χ4v) is 3.03. The average molecular weight is 167 g/mol. The highest BCUT2D eigenvalue weighted by Crippen LogP contribution is 2.45. The summed E-state index contributed by atoms with van der Waals surface area (Å²) in [6.07, 6.45) is 4.34. The van der Waals surface area contributed by atoms with Crippen molar-refractivity contribution in [2.45, 2.75) is 46.1 Å². The molecule has 2 aliphatic rings. The molecule has 2 rings (SSSR count). The molecule has 1 nitrogen and oxygen atoms in total. The molecule has 12 heavy (non-hydrogen) atoms. The Labute approximate surface area is 75.9 Å². The van der Waals surface area contributed by atoms with Gasteiger partial charge < -0.3 is 5.32 Å².